The Kier molecular flexibility index (Phi) is 3.36. The van der Waals surface area contributed by atoms with Gasteiger partial charge >= 0.3 is 6.18 Å². The average molecular weight is 250 g/mol. The van der Waals surface area contributed by atoms with E-state index < -0.39 is 11.9 Å². The molecule has 0 saturated carbocycles. The third-order valence-corrected chi connectivity index (χ3v) is 2.63. The van der Waals surface area contributed by atoms with Crippen LogP contribution in [0.3, 0.4) is 0 Å². The second-order valence-electron chi connectivity index (χ2n) is 3.84. The highest BCUT2D eigenvalue weighted by Gasteiger charge is 2.31. The fourth-order valence-electron chi connectivity index (χ4n) is 1.60. The molecule has 0 amide bonds. The summed E-state index contributed by atoms with van der Waals surface area (Å²) in [6.07, 6.45) is -1.19. The molecule has 2 rings (SSSR count). The molecule has 0 spiro atoms. The van der Waals surface area contributed by atoms with Crippen LogP contribution in [0.1, 0.15) is 18.2 Å². The standard InChI is InChI=1S/C14H11F3N/c1-2-10-3-5-11(6-4-10)12-7-8-13(18-9-12)14(15,16)17/h2-9H,1H3. The second kappa shape index (κ2) is 4.80. The second-order valence-corrected chi connectivity index (χ2v) is 3.84. The molecule has 18 heavy (non-hydrogen) atoms. The molecule has 1 aromatic heterocycles. The van der Waals surface area contributed by atoms with E-state index in [1.54, 1.807) is 0 Å². The highest BCUT2D eigenvalue weighted by molar-refractivity contribution is 5.63. The first-order valence-electron chi connectivity index (χ1n) is 5.44. The number of pyridine rings is 1. The van der Waals surface area contributed by atoms with Crippen molar-refractivity contribution in [3.8, 4) is 11.1 Å². The van der Waals surface area contributed by atoms with E-state index in [-0.39, 0.29) is 0 Å². The number of hydrogen-bond donors (Lipinski definition) is 0. The van der Waals surface area contributed by atoms with Gasteiger partial charge in [0.2, 0.25) is 0 Å². The maximum atomic E-state index is 12.4. The molecule has 1 aromatic carbocycles. The number of nitrogens with zero attached hydrogens (tertiary/aromatic N) is 1. The molecule has 0 unspecified atom stereocenters. The predicted molar refractivity (Wildman–Crippen MR) is 63.8 cm³/mol. The first-order valence-corrected chi connectivity index (χ1v) is 5.44. The van der Waals surface area contributed by atoms with Crippen molar-refractivity contribution in [1.29, 1.82) is 0 Å². The van der Waals surface area contributed by atoms with Crippen LogP contribution >= 0.6 is 0 Å². The van der Waals surface area contributed by atoms with Crippen molar-refractivity contribution >= 4 is 0 Å². The molecule has 0 aliphatic carbocycles. The van der Waals surface area contributed by atoms with Crippen molar-refractivity contribution in [2.24, 2.45) is 0 Å². The quantitative estimate of drug-likeness (QED) is 0.772. The van der Waals surface area contributed by atoms with Crippen molar-refractivity contribution in [2.45, 2.75) is 13.1 Å². The number of rotatable bonds is 2. The minimum Gasteiger partial charge on any atom is -0.251 e. The first-order chi connectivity index (χ1) is 8.50. The van der Waals surface area contributed by atoms with Crippen LogP contribution in [0.4, 0.5) is 13.2 Å². The topological polar surface area (TPSA) is 12.9 Å². The Morgan fingerprint density at radius 3 is 2.00 bits per heavy atom. The Hall–Kier alpha value is -1.84. The smallest absolute Gasteiger partial charge is 0.251 e. The van der Waals surface area contributed by atoms with Crippen LogP contribution in [0, 0.1) is 6.42 Å². The molecule has 0 fully saturated rings. The van der Waals surface area contributed by atoms with Crippen LogP contribution < -0.4 is 0 Å². The zero-order valence-electron chi connectivity index (χ0n) is 9.70. The van der Waals surface area contributed by atoms with Gasteiger partial charge in [0.25, 0.3) is 0 Å². The molecular weight excluding hydrogens is 239 g/mol. The summed E-state index contributed by atoms with van der Waals surface area (Å²) in [7, 11) is 0. The lowest BCUT2D eigenvalue weighted by Gasteiger charge is -2.07. The highest BCUT2D eigenvalue weighted by Crippen LogP contribution is 2.29. The van der Waals surface area contributed by atoms with E-state index >= 15 is 0 Å². The van der Waals surface area contributed by atoms with Gasteiger partial charge in [-0.05, 0) is 23.6 Å². The monoisotopic (exact) mass is 250 g/mol. The van der Waals surface area contributed by atoms with E-state index in [9.17, 15) is 13.2 Å². The van der Waals surface area contributed by atoms with Crippen LogP contribution in [0.15, 0.2) is 42.6 Å². The van der Waals surface area contributed by atoms with Crippen molar-refractivity contribution in [1.82, 2.24) is 4.98 Å². The van der Waals surface area contributed by atoms with E-state index in [0.29, 0.717) is 5.56 Å². The summed E-state index contributed by atoms with van der Waals surface area (Å²) in [6.45, 7) is 1.93. The summed E-state index contributed by atoms with van der Waals surface area (Å²) in [5, 5.41) is 0. The Balaban J connectivity index is 2.28. The zero-order valence-corrected chi connectivity index (χ0v) is 9.70. The fraction of sp³-hybridized carbons (Fsp3) is 0.143. The summed E-state index contributed by atoms with van der Waals surface area (Å²) < 4.78 is 37.1. The third-order valence-electron chi connectivity index (χ3n) is 2.63. The van der Waals surface area contributed by atoms with Gasteiger partial charge in [-0.15, -0.1) is 0 Å². The highest BCUT2D eigenvalue weighted by atomic mass is 19.4. The number of halogens is 3. The summed E-state index contributed by atoms with van der Waals surface area (Å²) in [4.78, 5) is 3.44. The molecule has 1 radical (unpaired) electrons. The van der Waals surface area contributed by atoms with E-state index in [0.717, 1.165) is 17.2 Å². The molecule has 0 atom stereocenters. The molecular formula is C14H11F3N. The molecule has 0 aliphatic rings. The van der Waals surface area contributed by atoms with Gasteiger partial charge in [-0.3, -0.25) is 4.98 Å². The molecule has 4 heteroatoms. The minimum atomic E-state index is -4.39. The van der Waals surface area contributed by atoms with Crippen molar-refractivity contribution in [3.63, 3.8) is 0 Å². The predicted octanol–water partition coefficient (Wildman–Crippen LogP) is 4.34. The molecule has 0 N–H and O–H groups in total. The Labute approximate surface area is 103 Å². The average Bonchev–Trinajstić information content (AvgIpc) is 2.38. The number of benzene rings is 1. The van der Waals surface area contributed by atoms with Crippen molar-refractivity contribution in [3.05, 3.63) is 60.3 Å². The van der Waals surface area contributed by atoms with Crippen LogP contribution in [0.5, 0.6) is 0 Å². The van der Waals surface area contributed by atoms with E-state index in [4.69, 9.17) is 0 Å². The van der Waals surface area contributed by atoms with Gasteiger partial charge in [-0.2, -0.15) is 13.2 Å². The lowest BCUT2D eigenvalue weighted by Crippen LogP contribution is -2.07. The summed E-state index contributed by atoms with van der Waals surface area (Å²) in [6, 6.07) is 9.97. The number of aromatic nitrogens is 1. The van der Waals surface area contributed by atoms with E-state index in [1.165, 1.54) is 12.3 Å². The first kappa shape index (κ1) is 12.6. The lowest BCUT2D eigenvalue weighted by atomic mass is 10.0. The van der Waals surface area contributed by atoms with E-state index in [2.05, 4.69) is 4.98 Å². The SMILES string of the molecule is C[CH]c1ccc(-c2ccc(C(F)(F)F)nc2)cc1. The summed E-state index contributed by atoms with van der Waals surface area (Å²) in [5.41, 5.74) is 1.72. The molecule has 1 heterocycles. The van der Waals surface area contributed by atoms with Gasteiger partial charge in [0, 0.05) is 11.8 Å². The lowest BCUT2D eigenvalue weighted by molar-refractivity contribution is -0.141. The maximum absolute atomic E-state index is 12.4. The summed E-state index contributed by atoms with van der Waals surface area (Å²) >= 11 is 0. The molecule has 93 valence electrons. The van der Waals surface area contributed by atoms with E-state index in [1.807, 2.05) is 37.6 Å². The Bertz CT molecular complexity index is 512. The van der Waals surface area contributed by atoms with Crippen LogP contribution in [0.25, 0.3) is 11.1 Å². The molecule has 0 bridgehead atoms. The number of hydrogen-bond acceptors (Lipinski definition) is 1. The van der Waals surface area contributed by atoms with Gasteiger partial charge in [-0.25, -0.2) is 0 Å². The van der Waals surface area contributed by atoms with Gasteiger partial charge in [-0.1, -0.05) is 37.3 Å². The molecule has 0 aliphatic heterocycles. The largest absolute Gasteiger partial charge is 0.433 e. The Morgan fingerprint density at radius 2 is 1.56 bits per heavy atom. The normalized spacial score (nSPS) is 11.6. The minimum absolute atomic E-state index is 0.672. The zero-order chi connectivity index (χ0) is 13.2. The third kappa shape index (κ3) is 2.70. The van der Waals surface area contributed by atoms with Gasteiger partial charge in [0.15, 0.2) is 0 Å². The van der Waals surface area contributed by atoms with Crippen LogP contribution in [-0.2, 0) is 6.18 Å². The van der Waals surface area contributed by atoms with Gasteiger partial charge < -0.3 is 0 Å². The van der Waals surface area contributed by atoms with Gasteiger partial charge in [0.1, 0.15) is 5.69 Å². The van der Waals surface area contributed by atoms with Crippen LogP contribution in [0.2, 0.25) is 0 Å². The molecule has 2 aromatic rings. The fourth-order valence-corrected chi connectivity index (χ4v) is 1.60. The Morgan fingerprint density at radius 1 is 0.944 bits per heavy atom. The number of alkyl halides is 3. The van der Waals surface area contributed by atoms with Crippen molar-refractivity contribution in [2.75, 3.05) is 0 Å². The van der Waals surface area contributed by atoms with Crippen LogP contribution in [-0.4, -0.2) is 4.98 Å². The maximum Gasteiger partial charge on any atom is 0.433 e. The molecule has 0 saturated heterocycles. The molecule has 1 nitrogen and oxygen atoms in total. The van der Waals surface area contributed by atoms with Gasteiger partial charge in [0.05, 0.1) is 0 Å². The summed E-state index contributed by atoms with van der Waals surface area (Å²) in [5.74, 6) is 0. The van der Waals surface area contributed by atoms with Crippen molar-refractivity contribution < 1.29 is 13.2 Å².